The number of sulfonamides is 1. The maximum absolute atomic E-state index is 15.1. The molecule has 2 aromatic carbocycles. The second kappa shape index (κ2) is 15.7. The molecular weight excluding hydrogens is 736 g/mol. The number of methoxy groups -OCH3 is 2. The minimum Gasteiger partial charge on any atom is -0.453 e. The third-order valence-corrected chi connectivity index (χ3v) is 16.1. The fraction of sp³-hybridized carbons (Fsp3) is 0.619. The number of nitrogens with one attached hydrogen (secondary N) is 1. The highest BCUT2D eigenvalue weighted by atomic mass is 32.2. The van der Waals surface area contributed by atoms with Gasteiger partial charge in [-0.25, -0.2) is 17.6 Å². The third kappa shape index (κ3) is 7.14. The quantitative estimate of drug-likeness (QED) is 0.300. The number of ether oxygens (including phenoxy) is 2. The molecule has 6 aliphatic rings. The van der Waals surface area contributed by atoms with Crippen molar-refractivity contribution in [3.05, 3.63) is 72.6 Å². The standard InChI is InChI=1S/C42H57FN6O6S/c1-4-39(50)48-24-35-23-34(48)25-49(35)56(52,53)36-14-12-33(13-15-36)47-27-41(28-47,55-3)26-46-20-16-30(17-21-46)42(29-45-18-7-19-45,31-8-5-9-32(43)22-31)37-10-6-11-38(37)44-40(51)54-2/h4-5,8-9,12-15,22,30,34-35,37-38H,1,6-7,10-11,16-21,23-29H2,2-3H3,(H,44,51)/t34?,35?,37-,38-,42-/m0/s1. The van der Waals surface area contributed by atoms with E-state index in [9.17, 15) is 18.0 Å². The molecule has 2 aromatic rings. The SMILES string of the molecule is C=CC(=O)N1CC2CC1CN2S(=O)(=O)c1ccc(N2CC(CN3CCC([C@@](CN4CCC4)(c4cccc(F)c4)[C@H]4CCC[C@@H]4NC(=O)OC)CC3)(OC)C2)cc1. The molecule has 5 heterocycles. The average Bonchev–Trinajstić information content (AvgIpc) is 3.94. The summed E-state index contributed by atoms with van der Waals surface area (Å²) in [6.45, 7) is 11.2. The average molecular weight is 793 g/mol. The van der Waals surface area contributed by atoms with Crippen LogP contribution >= 0.6 is 0 Å². The minimum absolute atomic E-state index is 0.0347. The molecule has 0 spiro atoms. The Morgan fingerprint density at radius 1 is 0.964 bits per heavy atom. The van der Waals surface area contributed by atoms with Crippen molar-refractivity contribution in [2.45, 2.75) is 79.0 Å². The molecule has 5 saturated heterocycles. The van der Waals surface area contributed by atoms with Crippen LogP contribution in [-0.4, -0.2) is 143 Å². The van der Waals surface area contributed by atoms with Crippen molar-refractivity contribution in [3.8, 4) is 0 Å². The summed E-state index contributed by atoms with van der Waals surface area (Å²) in [7, 11) is -0.491. The summed E-state index contributed by atoms with van der Waals surface area (Å²) in [4.78, 5) is 34.0. The number of carbonyl (C=O) groups excluding carboxylic acids is 2. The first-order valence-corrected chi connectivity index (χ1v) is 21.8. The third-order valence-electron chi connectivity index (χ3n) is 14.1. The van der Waals surface area contributed by atoms with Gasteiger partial charge in [-0.2, -0.15) is 4.31 Å². The Kier molecular flexibility index (Phi) is 11.0. The minimum atomic E-state index is -3.68. The summed E-state index contributed by atoms with van der Waals surface area (Å²) < 4.78 is 55.1. The van der Waals surface area contributed by atoms with E-state index in [2.05, 4.69) is 32.7 Å². The first-order chi connectivity index (χ1) is 27.0. The van der Waals surface area contributed by atoms with Crippen molar-refractivity contribution in [2.24, 2.45) is 11.8 Å². The highest BCUT2D eigenvalue weighted by Crippen LogP contribution is 2.52. The summed E-state index contributed by atoms with van der Waals surface area (Å²) in [6, 6.07) is 14.1. The lowest BCUT2D eigenvalue weighted by atomic mass is 9.57. The van der Waals surface area contributed by atoms with Gasteiger partial charge in [-0.05, 0) is 125 Å². The van der Waals surface area contributed by atoms with E-state index in [-0.39, 0.29) is 51.7 Å². The van der Waals surface area contributed by atoms with Gasteiger partial charge in [0, 0.05) is 62.5 Å². The molecule has 8 rings (SSSR count). The lowest BCUT2D eigenvalue weighted by Crippen LogP contribution is -2.68. The number of fused-ring (bicyclic) bond motifs is 2. The summed E-state index contributed by atoms with van der Waals surface area (Å²) in [5, 5.41) is 3.18. The van der Waals surface area contributed by atoms with Crippen molar-refractivity contribution >= 4 is 27.7 Å². The number of nitrogens with zero attached hydrogens (tertiary/aromatic N) is 5. The topological polar surface area (TPSA) is 115 Å². The number of hydrogen-bond donors (Lipinski definition) is 1. The first kappa shape index (κ1) is 39.3. The highest BCUT2D eigenvalue weighted by Gasteiger charge is 2.54. The molecule has 1 saturated carbocycles. The van der Waals surface area contributed by atoms with Crippen LogP contribution in [0.1, 0.15) is 50.5 Å². The first-order valence-electron chi connectivity index (χ1n) is 20.4. The van der Waals surface area contributed by atoms with Crippen molar-refractivity contribution in [2.75, 3.05) is 84.6 Å². The van der Waals surface area contributed by atoms with Crippen LogP contribution in [0.4, 0.5) is 14.9 Å². The van der Waals surface area contributed by atoms with Gasteiger partial charge in [-0.15, -0.1) is 0 Å². The smallest absolute Gasteiger partial charge is 0.407 e. The number of likely N-dealkylation sites (tertiary alicyclic amines) is 3. The Bertz CT molecular complexity index is 1880. The molecule has 5 aliphatic heterocycles. The predicted octanol–water partition coefficient (Wildman–Crippen LogP) is 4.07. The van der Waals surface area contributed by atoms with Crippen LogP contribution in [0.3, 0.4) is 0 Å². The van der Waals surface area contributed by atoms with Crippen LogP contribution in [0.15, 0.2) is 66.1 Å². The van der Waals surface area contributed by atoms with Gasteiger partial charge in [0.2, 0.25) is 15.9 Å². The molecule has 0 radical (unpaired) electrons. The van der Waals surface area contributed by atoms with Gasteiger partial charge >= 0.3 is 6.09 Å². The van der Waals surface area contributed by atoms with Crippen molar-refractivity contribution in [1.82, 2.24) is 24.3 Å². The monoisotopic (exact) mass is 792 g/mol. The molecule has 2 unspecified atom stereocenters. The molecule has 304 valence electrons. The normalized spacial score (nSPS) is 28.1. The van der Waals surface area contributed by atoms with Crippen LogP contribution < -0.4 is 10.2 Å². The molecule has 12 nitrogen and oxygen atoms in total. The Hall–Kier alpha value is -3.56. The van der Waals surface area contributed by atoms with Crippen LogP contribution in [-0.2, 0) is 29.7 Å². The molecule has 6 fully saturated rings. The summed E-state index contributed by atoms with van der Waals surface area (Å²) in [5.41, 5.74) is 1.34. The fourth-order valence-electron chi connectivity index (χ4n) is 11.2. The molecule has 1 N–H and O–H groups in total. The van der Waals surface area contributed by atoms with Crippen molar-refractivity contribution in [1.29, 1.82) is 0 Å². The zero-order chi connectivity index (χ0) is 39.2. The van der Waals surface area contributed by atoms with E-state index < -0.39 is 16.1 Å². The van der Waals surface area contributed by atoms with Crippen LogP contribution in [0.5, 0.6) is 0 Å². The number of anilines is 1. The predicted molar refractivity (Wildman–Crippen MR) is 211 cm³/mol. The summed E-state index contributed by atoms with van der Waals surface area (Å²) in [6.07, 6.45) is 7.53. The Balaban J connectivity index is 0.926. The molecule has 2 bridgehead atoms. The number of rotatable bonds is 13. The zero-order valence-electron chi connectivity index (χ0n) is 32.8. The largest absolute Gasteiger partial charge is 0.453 e. The van der Waals surface area contributed by atoms with Crippen LogP contribution in [0.25, 0.3) is 0 Å². The number of hydrogen-bond acceptors (Lipinski definition) is 9. The molecule has 0 aromatic heterocycles. The van der Waals surface area contributed by atoms with E-state index in [4.69, 9.17) is 9.47 Å². The summed E-state index contributed by atoms with van der Waals surface area (Å²) in [5.74, 6) is 0.108. The number of benzene rings is 2. The maximum atomic E-state index is 15.1. The Morgan fingerprint density at radius 3 is 2.32 bits per heavy atom. The zero-order valence-corrected chi connectivity index (χ0v) is 33.6. The fourth-order valence-corrected chi connectivity index (χ4v) is 12.8. The number of carbonyl (C=O) groups is 2. The Morgan fingerprint density at radius 2 is 1.71 bits per heavy atom. The number of amides is 2. The van der Waals surface area contributed by atoms with Gasteiger partial charge in [0.1, 0.15) is 11.4 Å². The van der Waals surface area contributed by atoms with E-state index in [0.29, 0.717) is 38.5 Å². The lowest BCUT2D eigenvalue weighted by molar-refractivity contribution is -0.127. The van der Waals surface area contributed by atoms with E-state index in [1.54, 1.807) is 34.5 Å². The van der Waals surface area contributed by atoms with Gasteiger partial charge in [0.05, 0.1) is 25.1 Å². The second-order valence-corrected chi connectivity index (χ2v) is 19.0. The molecule has 14 heteroatoms. The van der Waals surface area contributed by atoms with Crippen molar-refractivity contribution in [3.63, 3.8) is 0 Å². The van der Waals surface area contributed by atoms with E-state index in [1.807, 2.05) is 18.2 Å². The summed E-state index contributed by atoms with van der Waals surface area (Å²) >= 11 is 0. The molecule has 5 atom stereocenters. The molecule has 2 amide bonds. The van der Waals surface area contributed by atoms with Gasteiger partial charge in [-0.3, -0.25) is 4.79 Å². The van der Waals surface area contributed by atoms with Crippen molar-refractivity contribution < 1.29 is 31.9 Å². The number of halogens is 1. The van der Waals surface area contributed by atoms with Crippen LogP contribution in [0, 0.1) is 17.7 Å². The second-order valence-electron chi connectivity index (χ2n) is 17.1. The molecular formula is C42H57FN6O6S. The highest BCUT2D eigenvalue weighted by molar-refractivity contribution is 7.89. The maximum Gasteiger partial charge on any atom is 0.407 e. The van der Waals surface area contributed by atoms with E-state index in [1.165, 1.54) is 25.7 Å². The number of alkyl carbamates (subject to hydrolysis) is 1. The molecule has 56 heavy (non-hydrogen) atoms. The van der Waals surface area contributed by atoms with Crippen LogP contribution in [0.2, 0.25) is 0 Å². The van der Waals surface area contributed by atoms with Gasteiger partial charge < -0.3 is 34.4 Å². The van der Waals surface area contributed by atoms with E-state index in [0.717, 1.165) is 82.6 Å². The van der Waals surface area contributed by atoms with E-state index >= 15 is 4.39 Å². The molecule has 1 aliphatic carbocycles. The number of piperidine rings is 1. The van der Waals surface area contributed by atoms with Gasteiger partial charge in [0.25, 0.3) is 0 Å². The number of piperazine rings is 1. The Labute approximate surface area is 331 Å². The van der Waals surface area contributed by atoms with Gasteiger partial charge in [-0.1, -0.05) is 25.1 Å². The lowest BCUT2D eigenvalue weighted by Gasteiger charge is -2.55. The van der Waals surface area contributed by atoms with Gasteiger partial charge in [0.15, 0.2) is 0 Å².